The minimum Gasteiger partial charge on any atom is -0.355 e. The molecule has 7 heteroatoms. The van der Waals surface area contributed by atoms with Gasteiger partial charge in [0.1, 0.15) is 0 Å². The topological polar surface area (TPSA) is 42.0 Å². The summed E-state index contributed by atoms with van der Waals surface area (Å²) in [5.41, 5.74) is -0.954. The number of alkyl halides is 3. The van der Waals surface area contributed by atoms with Crippen molar-refractivity contribution in [2.24, 2.45) is 0 Å². The van der Waals surface area contributed by atoms with Gasteiger partial charge in [-0.2, -0.15) is 25.8 Å². The van der Waals surface area contributed by atoms with Crippen LogP contribution in [-0.4, -0.2) is 23.2 Å². The average molecular weight is 264 g/mol. The Morgan fingerprint density at radius 3 is 2.76 bits per heavy atom. The van der Waals surface area contributed by atoms with Crippen LogP contribution in [0.2, 0.25) is 0 Å². The lowest BCUT2D eigenvalue weighted by Crippen LogP contribution is -2.27. The number of carbonyl (C=O) groups excluding carboxylic acids is 1. The molecular formula is C10H11F3N2OS. The van der Waals surface area contributed by atoms with Crippen LogP contribution in [0.3, 0.4) is 0 Å². The van der Waals surface area contributed by atoms with Gasteiger partial charge >= 0.3 is 6.18 Å². The zero-order chi connectivity index (χ0) is 12.9. The number of nitrogens with one attached hydrogen (secondary N) is 1. The largest absolute Gasteiger partial charge is 0.416 e. The predicted octanol–water partition coefficient (Wildman–Crippen LogP) is 1.69. The molecule has 1 heterocycles. The van der Waals surface area contributed by atoms with Crippen molar-refractivity contribution in [3.05, 3.63) is 29.6 Å². The molecule has 0 bridgehead atoms. The van der Waals surface area contributed by atoms with Crippen molar-refractivity contribution >= 4 is 18.5 Å². The Bertz CT molecular complexity index is 395. The molecular weight excluding hydrogens is 253 g/mol. The highest BCUT2D eigenvalue weighted by Gasteiger charge is 2.33. The van der Waals surface area contributed by atoms with Crippen LogP contribution in [0.4, 0.5) is 13.2 Å². The van der Waals surface area contributed by atoms with Gasteiger partial charge in [0.25, 0.3) is 0 Å². The first-order valence-corrected chi connectivity index (χ1v) is 5.46. The summed E-state index contributed by atoms with van der Waals surface area (Å²) in [5, 5.41) is 2.45. The third-order valence-electron chi connectivity index (χ3n) is 1.99. The van der Waals surface area contributed by atoms with Gasteiger partial charge in [-0.1, -0.05) is 0 Å². The van der Waals surface area contributed by atoms with E-state index in [1.165, 1.54) is 0 Å². The number of thiol groups is 1. The zero-order valence-corrected chi connectivity index (χ0v) is 9.68. The zero-order valence-electron chi connectivity index (χ0n) is 8.79. The smallest absolute Gasteiger partial charge is 0.355 e. The maximum absolute atomic E-state index is 12.6. The van der Waals surface area contributed by atoms with Crippen LogP contribution in [0.5, 0.6) is 0 Å². The van der Waals surface area contributed by atoms with Crippen molar-refractivity contribution in [3.63, 3.8) is 0 Å². The fraction of sp³-hybridized carbons (Fsp3) is 0.400. The van der Waals surface area contributed by atoms with Gasteiger partial charge in [-0.05, 0) is 11.6 Å². The van der Waals surface area contributed by atoms with Crippen LogP contribution < -0.4 is 5.32 Å². The van der Waals surface area contributed by atoms with E-state index in [4.69, 9.17) is 0 Å². The van der Waals surface area contributed by atoms with Crippen LogP contribution in [-0.2, 0) is 17.4 Å². The molecule has 1 rings (SSSR count). The summed E-state index contributed by atoms with van der Waals surface area (Å²) in [5.74, 6) is -0.0391. The van der Waals surface area contributed by atoms with Gasteiger partial charge in [0.05, 0.1) is 12.0 Å². The quantitative estimate of drug-likeness (QED) is 0.813. The normalized spacial score (nSPS) is 11.3. The maximum Gasteiger partial charge on any atom is 0.416 e. The average Bonchev–Trinajstić information content (AvgIpc) is 2.25. The molecule has 0 atom stereocenters. The minimum atomic E-state index is -4.47. The van der Waals surface area contributed by atoms with E-state index in [0.717, 1.165) is 18.5 Å². The lowest BCUT2D eigenvalue weighted by atomic mass is 10.1. The summed E-state index contributed by atoms with van der Waals surface area (Å²) in [6.07, 6.45) is -2.69. The van der Waals surface area contributed by atoms with Gasteiger partial charge in [-0.3, -0.25) is 9.78 Å². The first-order chi connectivity index (χ1) is 7.95. The van der Waals surface area contributed by atoms with E-state index < -0.39 is 17.6 Å². The molecule has 0 radical (unpaired) electrons. The number of pyridine rings is 1. The van der Waals surface area contributed by atoms with Crippen molar-refractivity contribution in [2.75, 3.05) is 12.3 Å². The van der Waals surface area contributed by atoms with E-state index in [0.29, 0.717) is 12.3 Å². The van der Waals surface area contributed by atoms with E-state index in [2.05, 4.69) is 22.9 Å². The molecule has 0 saturated carbocycles. The lowest BCUT2D eigenvalue weighted by molar-refractivity contribution is -0.138. The number of rotatable bonds is 4. The highest BCUT2D eigenvalue weighted by molar-refractivity contribution is 7.80. The Kier molecular flexibility index (Phi) is 4.80. The monoisotopic (exact) mass is 264 g/mol. The molecule has 3 nitrogen and oxygen atoms in total. The van der Waals surface area contributed by atoms with Gasteiger partial charge in [-0.15, -0.1) is 0 Å². The van der Waals surface area contributed by atoms with Crippen molar-refractivity contribution < 1.29 is 18.0 Å². The molecule has 0 saturated heterocycles. The van der Waals surface area contributed by atoms with E-state index >= 15 is 0 Å². The van der Waals surface area contributed by atoms with Crippen LogP contribution >= 0.6 is 12.6 Å². The van der Waals surface area contributed by atoms with E-state index in [1.54, 1.807) is 0 Å². The highest BCUT2D eigenvalue weighted by Crippen LogP contribution is 2.31. The number of amides is 1. The van der Waals surface area contributed by atoms with E-state index in [-0.39, 0.29) is 12.0 Å². The molecule has 0 spiro atoms. The highest BCUT2D eigenvalue weighted by atomic mass is 32.1. The Morgan fingerprint density at radius 2 is 2.18 bits per heavy atom. The van der Waals surface area contributed by atoms with Crippen molar-refractivity contribution in [2.45, 2.75) is 12.6 Å². The Morgan fingerprint density at radius 1 is 1.47 bits per heavy atom. The second-order valence-electron chi connectivity index (χ2n) is 3.28. The molecule has 17 heavy (non-hydrogen) atoms. The van der Waals surface area contributed by atoms with Gasteiger partial charge in [0.15, 0.2) is 0 Å². The maximum atomic E-state index is 12.6. The molecule has 94 valence electrons. The van der Waals surface area contributed by atoms with Crippen molar-refractivity contribution in [1.29, 1.82) is 0 Å². The number of hydrogen-bond donors (Lipinski definition) is 2. The van der Waals surface area contributed by atoms with Crippen molar-refractivity contribution in [1.82, 2.24) is 10.3 Å². The molecule has 0 aliphatic rings. The first kappa shape index (κ1) is 13.8. The van der Waals surface area contributed by atoms with Crippen molar-refractivity contribution in [3.8, 4) is 0 Å². The van der Waals surface area contributed by atoms with E-state index in [9.17, 15) is 18.0 Å². The number of aromatic nitrogens is 1. The molecule has 1 aromatic heterocycles. The Hall–Kier alpha value is -1.24. The summed E-state index contributed by atoms with van der Waals surface area (Å²) in [4.78, 5) is 14.9. The number of nitrogens with zero attached hydrogens (tertiary/aromatic N) is 1. The second-order valence-corrected chi connectivity index (χ2v) is 3.73. The second kappa shape index (κ2) is 5.90. The van der Waals surface area contributed by atoms with Crippen LogP contribution in [0, 0.1) is 0 Å². The third kappa shape index (κ3) is 4.26. The molecule has 0 unspecified atom stereocenters. The first-order valence-electron chi connectivity index (χ1n) is 4.83. The SMILES string of the molecule is O=C(Cc1cnccc1C(F)(F)F)NCCS. The molecule has 0 aliphatic heterocycles. The molecule has 0 aliphatic carbocycles. The fourth-order valence-electron chi connectivity index (χ4n) is 1.28. The predicted molar refractivity (Wildman–Crippen MR) is 59.8 cm³/mol. The third-order valence-corrected chi connectivity index (χ3v) is 2.22. The molecule has 1 N–H and O–H groups in total. The fourth-order valence-corrected chi connectivity index (χ4v) is 1.39. The molecule has 0 fully saturated rings. The van der Waals surface area contributed by atoms with Gasteiger partial charge in [0.2, 0.25) is 5.91 Å². The summed E-state index contributed by atoms with van der Waals surface area (Å²) < 4.78 is 37.7. The summed E-state index contributed by atoms with van der Waals surface area (Å²) in [7, 11) is 0. The number of carbonyl (C=O) groups is 1. The van der Waals surface area contributed by atoms with Gasteiger partial charge in [0, 0.05) is 24.7 Å². The Labute approximate surface area is 102 Å². The number of hydrogen-bond acceptors (Lipinski definition) is 3. The lowest BCUT2D eigenvalue weighted by Gasteiger charge is -2.11. The standard InChI is InChI=1S/C10H11F3N2OS/c11-10(12,13)8-1-2-14-6-7(8)5-9(16)15-3-4-17/h1-2,6,17H,3-5H2,(H,15,16). The summed E-state index contributed by atoms with van der Waals surface area (Å²) in [6.45, 7) is 0.323. The molecule has 0 aromatic carbocycles. The van der Waals surface area contributed by atoms with E-state index in [1.807, 2.05) is 0 Å². The molecule has 1 amide bonds. The summed E-state index contributed by atoms with van der Waals surface area (Å²) >= 11 is 3.88. The Balaban J connectivity index is 2.81. The van der Waals surface area contributed by atoms with Crippen LogP contribution in [0.15, 0.2) is 18.5 Å². The molecule has 1 aromatic rings. The minimum absolute atomic E-state index is 0.128. The number of halogens is 3. The van der Waals surface area contributed by atoms with Crippen LogP contribution in [0.25, 0.3) is 0 Å². The van der Waals surface area contributed by atoms with Gasteiger partial charge < -0.3 is 5.32 Å². The van der Waals surface area contributed by atoms with Gasteiger partial charge in [-0.25, -0.2) is 0 Å². The van der Waals surface area contributed by atoms with Crippen LogP contribution in [0.1, 0.15) is 11.1 Å². The summed E-state index contributed by atoms with van der Waals surface area (Å²) in [6, 6.07) is 0.862.